The number of nitrogens with one attached hydrogen (secondary N) is 2. The number of esters is 1. The summed E-state index contributed by atoms with van der Waals surface area (Å²) in [6.45, 7) is 0.792. The maximum atomic E-state index is 12.3. The molecular weight excluding hydrogens is 446 g/mol. The standard InChI is InChI=1S/C20H20ClN3O8/c1-11(19(26)23-17-8-13(24(28)29)4-5-16(17)21)32-18(25)10-22-20(27)12-6-14(30-2)9-15(7-12)31-3/h4-9,11H,10H2,1-3H3,(H,22,27)(H,23,26). The number of hydrogen-bond acceptors (Lipinski definition) is 8. The maximum absolute atomic E-state index is 12.3. The molecule has 2 rings (SSSR count). The van der Waals surface area contributed by atoms with Crippen LogP contribution in [0.2, 0.25) is 5.02 Å². The van der Waals surface area contributed by atoms with Crippen molar-refractivity contribution in [3.63, 3.8) is 0 Å². The third-order valence-corrected chi connectivity index (χ3v) is 4.43. The Morgan fingerprint density at radius 1 is 1.09 bits per heavy atom. The van der Waals surface area contributed by atoms with E-state index in [0.717, 1.165) is 6.07 Å². The number of amides is 2. The molecule has 170 valence electrons. The maximum Gasteiger partial charge on any atom is 0.326 e. The Morgan fingerprint density at radius 2 is 1.72 bits per heavy atom. The Morgan fingerprint density at radius 3 is 2.28 bits per heavy atom. The number of ether oxygens (including phenoxy) is 3. The van der Waals surface area contributed by atoms with Crippen LogP contribution < -0.4 is 20.1 Å². The molecule has 12 heteroatoms. The molecule has 0 aliphatic rings. The number of hydrogen-bond donors (Lipinski definition) is 2. The fraction of sp³-hybridized carbons (Fsp3) is 0.250. The first-order valence-electron chi connectivity index (χ1n) is 9.10. The molecule has 11 nitrogen and oxygen atoms in total. The van der Waals surface area contributed by atoms with E-state index in [1.165, 1.54) is 45.4 Å². The summed E-state index contributed by atoms with van der Waals surface area (Å²) in [4.78, 5) is 46.8. The largest absolute Gasteiger partial charge is 0.497 e. The van der Waals surface area contributed by atoms with Crippen LogP contribution in [0.1, 0.15) is 17.3 Å². The van der Waals surface area contributed by atoms with E-state index in [0.29, 0.717) is 11.5 Å². The number of nitrogens with zero attached hydrogens (tertiary/aromatic N) is 1. The second-order valence-corrected chi connectivity index (χ2v) is 6.73. The molecule has 1 atom stereocenters. The second-order valence-electron chi connectivity index (χ2n) is 6.33. The van der Waals surface area contributed by atoms with Gasteiger partial charge in [0.25, 0.3) is 17.5 Å². The van der Waals surface area contributed by atoms with Gasteiger partial charge < -0.3 is 24.8 Å². The Labute approximate surface area is 187 Å². The number of carbonyl (C=O) groups excluding carboxylic acids is 3. The monoisotopic (exact) mass is 465 g/mol. The molecule has 0 aromatic heterocycles. The van der Waals surface area contributed by atoms with Crippen LogP contribution in [-0.2, 0) is 14.3 Å². The zero-order chi connectivity index (χ0) is 23.8. The number of anilines is 1. The number of benzene rings is 2. The molecule has 32 heavy (non-hydrogen) atoms. The predicted molar refractivity (Wildman–Crippen MR) is 114 cm³/mol. The van der Waals surface area contributed by atoms with E-state index in [9.17, 15) is 24.5 Å². The lowest BCUT2D eigenvalue weighted by molar-refractivity contribution is -0.384. The molecule has 0 saturated carbocycles. The lowest BCUT2D eigenvalue weighted by Crippen LogP contribution is -2.35. The Hall–Kier alpha value is -3.86. The SMILES string of the molecule is COc1cc(OC)cc(C(=O)NCC(=O)OC(C)C(=O)Nc2cc([N+](=O)[O-])ccc2Cl)c1. The number of non-ortho nitro benzene ring substituents is 1. The molecule has 0 saturated heterocycles. The molecule has 2 aromatic rings. The van der Waals surface area contributed by atoms with Gasteiger partial charge >= 0.3 is 5.97 Å². The van der Waals surface area contributed by atoms with E-state index in [4.69, 9.17) is 25.8 Å². The van der Waals surface area contributed by atoms with Gasteiger partial charge in [-0.2, -0.15) is 0 Å². The molecule has 0 aliphatic carbocycles. The van der Waals surface area contributed by atoms with E-state index in [1.807, 2.05) is 0 Å². The average Bonchev–Trinajstić information content (AvgIpc) is 2.78. The first-order chi connectivity index (χ1) is 15.1. The van der Waals surface area contributed by atoms with Crippen molar-refractivity contribution in [1.29, 1.82) is 0 Å². The molecule has 0 radical (unpaired) electrons. The van der Waals surface area contributed by atoms with Crippen molar-refractivity contribution in [2.24, 2.45) is 0 Å². The van der Waals surface area contributed by atoms with Crippen molar-refractivity contribution in [2.45, 2.75) is 13.0 Å². The lowest BCUT2D eigenvalue weighted by Gasteiger charge is -2.14. The number of methoxy groups -OCH3 is 2. The number of nitro groups is 1. The van der Waals surface area contributed by atoms with Crippen LogP contribution in [0.3, 0.4) is 0 Å². The van der Waals surface area contributed by atoms with Crippen molar-refractivity contribution in [1.82, 2.24) is 5.32 Å². The number of nitro benzene ring substituents is 1. The summed E-state index contributed by atoms with van der Waals surface area (Å²) in [5, 5.41) is 15.7. The van der Waals surface area contributed by atoms with Crippen molar-refractivity contribution in [3.05, 3.63) is 57.1 Å². The highest BCUT2D eigenvalue weighted by Gasteiger charge is 2.21. The summed E-state index contributed by atoms with van der Waals surface area (Å²) in [6, 6.07) is 8.03. The van der Waals surface area contributed by atoms with Gasteiger partial charge in [0.1, 0.15) is 18.0 Å². The van der Waals surface area contributed by atoms with Gasteiger partial charge in [-0.3, -0.25) is 24.5 Å². The number of halogens is 1. The van der Waals surface area contributed by atoms with Crippen LogP contribution in [0.4, 0.5) is 11.4 Å². The molecule has 2 aromatic carbocycles. The predicted octanol–water partition coefficient (Wildman–Crippen LogP) is 2.57. The Balaban J connectivity index is 1.93. The van der Waals surface area contributed by atoms with Gasteiger partial charge in [-0.15, -0.1) is 0 Å². The van der Waals surface area contributed by atoms with Crippen LogP contribution in [0.15, 0.2) is 36.4 Å². The first kappa shape index (κ1) is 24.4. The number of rotatable bonds is 9. The topological polar surface area (TPSA) is 146 Å². The van der Waals surface area contributed by atoms with Crippen molar-refractivity contribution < 1.29 is 33.5 Å². The minimum atomic E-state index is -1.26. The lowest BCUT2D eigenvalue weighted by atomic mass is 10.2. The van der Waals surface area contributed by atoms with Gasteiger partial charge in [-0.05, 0) is 25.1 Å². The van der Waals surface area contributed by atoms with E-state index >= 15 is 0 Å². The van der Waals surface area contributed by atoms with Crippen LogP contribution in [-0.4, -0.2) is 49.6 Å². The third-order valence-electron chi connectivity index (χ3n) is 4.10. The summed E-state index contributed by atoms with van der Waals surface area (Å²) < 4.78 is 15.2. The zero-order valence-electron chi connectivity index (χ0n) is 17.3. The van der Waals surface area contributed by atoms with Crippen molar-refractivity contribution >= 4 is 40.8 Å². The highest BCUT2D eigenvalue weighted by atomic mass is 35.5. The molecule has 2 amide bonds. The fourth-order valence-electron chi connectivity index (χ4n) is 2.44. The van der Waals surface area contributed by atoms with Crippen molar-refractivity contribution in [2.75, 3.05) is 26.1 Å². The molecule has 0 spiro atoms. The van der Waals surface area contributed by atoms with E-state index in [1.54, 1.807) is 6.07 Å². The molecule has 1 unspecified atom stereocenters. The minimum absolute atomic E-state index is 0.00552. The summed E-state index contributed by atoms with van der Waals surface area (Å²) in [5.41, 5.74) is -0.0830. The first-order valence-corrected chi connectivity index (χ1v) is 9.48. The Kier molecular flexibility index (Phi) is 8.36. The second kappa shape index (κ2) is 11.0. The molecule has 0 aliphatic heterocycles. The molecule has 0 fully saturated rings. The number of carbonyl (C=O) groups is 3. The fourth-order valence-corrected chi connectivity index (χ4v) is 2.61. The summed E-state index contributed by atoms with van der Waals surface area (Å²) in [6.07, 6.45) is -1.26. The van der Waals surface area contributed by atoms with Gasteiger partial charge in [-0.25, -0.2) is 0 Å². The molecule has 2 N–H and O–H groups in total. The van der Waals surface area contributed by atoms with E-state index in [2.05, 4.69) is 10.6 Å². The van der Waals surface area contributed by atoms with Gasteiger partial charge in [-0.1, -0.05) is 11.6 Å². The highest BCUT2D eigenvalue weighted by Crippen LogP contribution is 2.27. The van der Waals surface area contributed by atoms with Crippen LogP contribution >= 0.6 is 11.6 Å². The van der Waals surface area contributed by atoms with Crippen LogP contribution in [0.25, 0.3) is 0 Å². The third kappa shape index (κ3) is 6.57. The van der Waals surface area contributed by atoms with Gasteiger partial charge in [0, 0.05) is 23.8 Å². The van der Waals surface area contributed by atoms with Crippen LogP contribution in [0.5, 0.6) is 11.5 Å². The zero-order valence-corrected chi connectivity index (χ0v) is 18.1. The molecule has 0 heterocycles. The highest BCUT2D eigenvalue weighted by molar-refractivity contribution is 6.33. The summed E-state index contributed by atoms with van der Waals surface area (Å²) in [7, 11) is 2.86. The average molecular weight is 466 g/mol. The van der Waals surface area contributed by atoms with Crippen LogP contribution in [0, 0.1) is 10.1 Å². The quantitative estimate of drug-likeness (QED) is 0.326. The van der Waals surface area contributed by atoms with Crippen molar-refractivity contribution in [3.8, 4) is 11.5 Å². The molecule has 0 bridgehead atoms. The Bertz CT molecular complexity index is 1020. The van der Waals surface area contributed by atoms with Gasteiger partial charge in [0.15, 0.2) is 6.10 Å². The van der Waals surface area contributed by atoms with E-state index in [-0.39, 0.29) is 22.0 Å². The minimum Gasteiger partial charge on any atom is -0.497 e. The molecular formula is C20H20ClN3O8. The summed E-state index contributed by atoms with van der Waals surface area (Å²) in [5.74, 6) is -1.44. The van der Waals surface area contributed by atoms with E-state index < -0.39 is 35.4 Å². The summed E-state index contributed by atoms with van der Waals surface area (Å²) >= 11 is 5.93. The smallest absolute Gasteiger partial charge is 0.326 e. The normalized spacial score (nSPS) is 11.1. The van der Waals surface area contributed by atoms with Gasteiger partial charge in [0.2, 0.25) is 0 Å². The van der Waals surface area contributed by atoms with Gasteiger partial charge in [0.05, 0.1) is 29.9 Å².